The molecule has 2 rings (SSSR count). The van der Waals surface area contributed by atoms with Crippen molar-refractivity contribution in [3.8, 4) is 0 Å². The van der Waals surface area contributed by atoms with Crippen molar-refractivity contribution in [2.75, 3.05) is 0 Å². The number of aromatic nitrogens is 1. The van der Waals surface area contributed by atoms with Crippen molar-refractivity contribution >= 4 is 23.2 Å². The fourth-order valence-corrected chi connectivity index (χ4v) is 3.54. The van der Waals surface area contributed by atoms with E-state index in [9.17, 15) is 14.7 Å². The molecule has 1 saturated carbocycles. The van der Waals surface area contributed by atoms with Crippen molar-refractivity contribution in [2.45, 2.75) is 39.7 Å². The number of carbonyl (C=O) groups is 2. The van der Waals surface area contributed by atoms with Crippen molar-refractivity contribution in [3.05, 3.63) is 16.1 Å². The molecule has 1 aliphatic rings. The molecule has 2 N–H and O–H groups in total. The van der Waals surface area contributed by atoms with Crippen LogP contribution < -0.4 is 5.32 Å². The van der Waals surface area contributed by atoms with Crippen molar-refractivity contribution in [1.29, 1.82) is 0 Å². The molecule has 3 unspecified atom stereocenters. The predicted molar refractivity (Wildman–Crippen MR) is 76.3 cm³/mol. The SMILES string of the molecule is CCC1CC(C(=O)O)C(C(=O)NCc2ncc(C)s2)C1. The maximum atomic E-state index is 12.2. The van der Waals surface area contributed by atoms with Gasteiger partial charge in [0.05, 0.1) is 18.4 Å². The molecule has 5 nitrogen and oxygen atoms in total. The quantitative estimate of drug-likeness (QED) is 0.873. The molecule has 6 heteroatoms. The van der Waals surface area contributed by atoms with Gasteiger partial charge in [0.15, 0.2) is 0 Å². The first-order valence-electron chi connectivity index (χ1n) is 6.93. The van der Waals surface area contributed by atoms with Crippen LogP contribution in [0.5, 0.6) is 0 Å². The normalized spacial score (nSPS) is 25.6. The summed E-state index contributed by atoms with van der Waals surface area (Å²) in [7, 11) is 0. The van der Waals surface area contributed by atoms with Crippen molar-refractivity contribution < 1.29 is 14.7 Å². The second-order valence-electron chi connectivity index (χ2n) is 5.38. The molecule has 1 aromatic rings. The van der Waals surface area contributed by atoms with Crippen molar-refractivity contribution in [2.24, 2.45) is 17.8 Å². The number of carboxylic acids is 1. The molecule has 0 radical (unpaired) electrons. The second-order valence-corrected chi connectivity index (χ2v) is 6.70. The minimum absolute atomic E-state index is 0.152. The number of thiazole rings is 1. The summed E-state index contributed by atoms with van der Waals surface area (Å²) in [5, 5.41) is 12.9. The summed E-state index contributed by atoms with van der Waals surface area (Å²) < 4.78 is 0. The minimum atomic E-state index is -0.855. The zero-order valence-corrected chi connectivity index (χ0v) is 12.6. The van der Waals surface area contributed by atoms with E-state index in [1.807, 2.05) is 13.8 Å². The first kappa shape index (κ1) is 15.0. The van der Waals surface area contributed by atoms with E-state index in [1.54, 1.807) is 17.5 Å². The van der Waals surface area contributed by atoms with E-state index in [0.29, 0.717) is 25.3 Å². The molecule has 0 saturated heterocycles. The lowest BCUT2D eigenvalue weighted by atomic mass is 9.95. The molecule has 1 fully saturated rings. The summed E-state index contributed by atoms with van der Waals surface area (Å²) in [5.74, 6) is -1.61. The largest absolute Gasteiger partial charge is 0.481 e. The van der Waals surface area contributed by atoms with Gasteiger partial charge in [0, 0.05) is 11.1 Å². The van der Waals surface area contributed by atoms with Crippen molar-refractivity contribution in [1.82, 2.24) is 10.3 Å². The third kappa shape index (κ3) is 3.36. The fraction of sp³-hybridized carbons (Fsp3) is 0.643. The molecule has 3 atom stereocenters. The lowest BCUT2D eigenvalue weighted by Crippen LogP contribution is -2.34. The third-order valence-electron chi connectivity index (χ3n) is 3.97. The Balaban J connectivity index is 1.95. The average Bonchev–Trinajstić information content (AvgIpc) is 3.02. The van der Waals surface area contributed by atoms with Crippen LogP contribution in [0.25, 0.3) is 0 Å². The number of aliphatic carboxylic acids is 1. The van der Waals surface area contributed by atoms with E-state index in [0.717, 1.165) is 16.3 Å². The van der Waals surface area contributed by atoms with E-state index in [1.165, 1.54) is 0 Å². The number of aryl methyl sites for hydroxylation is 1. The van der Waals surface area contributed by atoms with Gasteiger partial charge >= 0.3 is 5.97 Å². The number of nitrogens with zero attached hydrogens (tertiary/aromatic N) is 1. The zero-order chi connectivity index (χ0) is 14.7. The van der Waals surface area contributed by atoms with Crippen LogP contribution in [0, 0.1) is 24.7 Å². The van der Waals surface area contributed by atoms with Crippen LogP contribution in [0.4, 0.5) is 0 Å². The highest BCUT2D eigenvalue weighted by atomic mass is 32.1. The Hall–Kier alpha value is -1.43. The van der Waals surface area contributed by atoms with E-state index in [-0.39, 0.29) is 5.91 Å². The lowest BCUT2D eigenvalue weighted by Gasteiger charge is -2.14. The molecule has 1 heterocycles. The van der Waals surface area contributed by atoms with Crippen LogP contribution in [0.3, 0.4) is 0 Å². The van der Waals surface area contributed by atoms with Crippen molar-refractivity contribution in [3.63, 3.8) is 0 Å². The van der Waals surface area contributed by atoms with Gasteiger partial charge in [-0.15, -0.1) is 11.3 Å². The Morgan fingerprint density at radius 2 is 2.15 bits per heavy atom. The van der Waals surface area contributed by atoms with Crippen LogP contribution in [-0.2, 0) is 16.1 Å². The summed E-state index contributed by atoms with van der Waals surface area (Å²) in [6.45, 7) is 4.39. The van der Waals surface area contributed by atoms with E-state index >= 15 is 0 Å². The molecule has 1 aromatic heterocycles. The zero-order valence-electron chi connectivity index (χ0n) is 11.8. The summed E-state index contributed by atoms with van der Waals surface area (Å²) in [4.78, 5) is 28.8. The highest BCUT2D eigenvalue weighted by molar-refractivity contribution is 7.11. The highest BCUT2D eigenvalue weighted by Crippen LogP contribution is 2.38. The maximum Gasteiger partial charge on any atom is 0.307 e. The van der Waals surface area contributed by atoms with Gasteiger partial charge in [0.2, 0.25) is 5.91 Å². The number of amides is 1. The summed E-state index contributed by atoms with van der Waals surface area (Å²) in [6, 6.07) is 0. The Morgan fingerprint density at radius 1 is 1.45 bits per heavy atom. The Bertz CT molecular complexity index is 500. The molecular formula is C14H20N2O3S. The van der Waals surface area contributed by atoms with Gasteiger partial charge in [-0.25, -0.2) is 4.98 Å². The smallest absolute Gasteiger partial charge is 0.307 e. The molecule has 20 heavy (non-hydrogen) atoms. The molecule has 0 aliphatic heterocycles. The minimum Gasteiger partial charge on any atom is -0.481 e. The van der Waals surface area contributed by atoms with Crippen LogP contribution in [0.2, 0.25) is 0 Å². The topological polar surface area (TPSA) is 79.3 Å². The average molecular weight is 296 g/mol. The van der Waals surface area contributed by atoms with Gasteiger partial charge in [0.25, 0.3) is 0 Å². The number of carbonyl (C=O) groups excluding carboxylic acids is 1. The van der Waals surface area contributed by atoms with Gasteiger partial charge in [-0.2, -0.15) is 0 Å². The standard InChI is InChI=1S/C14H20N2O3S/c1-3-9-4-10(11(5-9)14(18)19)13(17)16-7-12-15-6-8(2)20-12/h6,9-11H,3-5,7H2,1-2H3,(H,16,17)(H,18,19). The van der Waals surface area contributed by atoms with Gasteiger partial charge in [-0.3, -0.25) is 9.59 Å². The molecule has 110 valence electrons. The van der Waals surface area contributed by atoms with Gasteiger partial charge in [-0.05, 0) is 25.7 Å². The van der Waals surface area contributed by atoms with Crippen LogP contribution in [0.15, 0.2) is 6.20 Å². The Kier molecular flexibility index (Phi) is 4.75. The predicted octanol–water partition coefficient (Wildman–Crippen LogP) is 2.20. The number of rotatable bonds is 5. The number of hydrogen-bond acceptors (Lipinski definition) is 4. The van der Waals surface area contributed by atoms with Gasteiger partial charge < -0.3 is 10.4 Å². The van der Waals surface area contributed by atoms with E-state index in [4.69, 9.17) is 0 Å². The molecule has 0 bridgehead atoms. The first-order chi connectivity index (χ1) is 9.51. The monoisotopic (exact) mass is 296 g/mol. The molecule has 1 aliphatic carbocycles. The Labute approximate surface area is 122 Å². The maximum absolute atomic E-state index is 12.2. The number of nitrogens with one attached hydrogen (secondary N) is 1. The van der Waals surface area contributed by atoms with Gasteiger partial charge in [-0.1, -0.05) is 13.3 Å². The lowest BCUT2D eigenvalue weighted by molar-refractivity contribution is -0.146. The van der Waals surface area contributed by atoms with Crippen LogP contribution >= 0.6 is 11.3 Å². The first-order valence-corrected chi connectivity index (χ1v) is 7.74. The van der Waals surface area contributed by atoms with E-state index in [2.05, 4.69) is 10.3 Å². The fourth-order valence-electron chi connectivity index (χ4n) is 2.82. The highest BCUT2D eigenvalue weighted by Gasteiger charge is 2.41. The summed E-state index contributed by atoms with van der Waals surface area (Å²) >= 11 is 1.54. The van der Waals surface area contributed by atoms with Crippen LogP contribution in [0.1, 0.15) is 36.1 Å². The summed E-state index contributed by atoms with van der Waals surface area (Å²) in [5.41, 5.74) is 0. The summed E-state index contributed by atoms with van der Waals surface area (Å²) in [6.07, 6.45) is 3.99. The second kappa shape index (κ2) is 6.35. The van der Waals surface area contributed by atoms with Gasteiger partial charge in [0.1, 0.15) is 5.01 Å². The molecule has 1 amide bonds. The Morgan fingerprint density at radius 3 is 2.70 bits per heavy atom. The molecular weight excluding hydrogens is 276 g/mol. The van der Waals surface area contributed by atoms with Crippen LogP contribution in [-0.4, -0.2) is 22.0 Å². The molecule has 0 aromatic carbocycles. The molecule has 0 spiro atoms. The number of carboxylic acid groups (broad SMARTS) is 1. The third-order valence-corrected chi connectivity index (χ3v) is 4.89. The number of hydrogen-bond donors (Lipinski definition) is 2. The van der Waals surface area contributed by atoms with E-state index < -0.39 is 17.8 Å².